The van der Waals surface area contributed by atoms with Gasteiger partial charge in [0.05, 0.1) is 0 Å². The fourth-order valence-corrected chi connectivity index (χ4v) is 1.59. The second kappa shape index (κ2) is 5.36. The van der Waals surface area contributed by atoms with Gasteiger partial charge in [0.25, 0.3) is 0 Å². The topological polar surface area (TPSA) is 52.3 Å². The Balaban J connectivity index is 2.04. The lowest BCUT2D eigenvalue weighted by atomic mass is 10.2. The van der Waals surface area contributed by atoms with E-state index in [0.717, 1.165) is 5.56 Å². The normalized spacial score (nSPS) is 10.1. The highest BCUT2D eigenvalue weighted by Crippen LogP contribution is 2.15. The zero-order chi connectivity index (χ0) is 13.0. The standard InChI is InChI=1S/C15H15NO2/c1-11-5-7-12(8-6-11)10-18-14-4-2-3-13(9-14)15(16)17/h2-9H,10H2,1H3,(H2,16,17). The number of hydrogen-bond donors (Lipinski definition) is 1. The van der Waals surface area contributed by atoms with Crippen molar-refractivity contribution >= 4 is 5.91 Å². The molecule has 0 radical (unpaired) electrons. The van der Waals surface area contributed by atoms with Gasteiger partial charge in [-0.1, -0.05) is 35.9 Å². The van der Waals surface area contributed by atoms with Crippen LogP contribution in [0.5, 0.6) is 5.75 Å². The number of ether oxygens (including phenoxy) is 1. The van der Waals surface area contributed by atoms with Gasteiger partial charge in [0.15, 0.2) is 0 Å². The lowest BCUT2D eigenvalue weighted by Gasteiger charge is -2.07. The molecule has 2 aromatic carbocycles. The van der Waals surface area contributed by atoms with E-state index in [0.29, 0.717) is 17.9 Å². The fraction of sp³-hybridized carbons (Fsp3) is 0.133. The van der Waals surface area contributed by atoms with Crippen LogP contribution in [0.4, 0.5) is 0 Å². The number of hydrogen-bond acceptors (Lipinski definition) is 2. The van der Waals surface area contributed by atoms with Gasteiger partial charge in [-0.25, -0.2) is 0 Å². The first-order valence-electron chi connectivity index (χ1n) is 5.73. The van der Waals surface area contributed by atoms with Crippen LogP contribution >= 0.6 is 0 Å². The maximum absolute atomic E-state index is 11.0. The van der Waals surface area contributed by atoms with Crippen LogP contribution in [0.1, 0.15) is 21.5 Å². The molecule has 0 saturated carbocycles. The van der Waals surface area contributed by atoms with Gasteiger partial charge >= 0.3 is 0 Å². The van der Waals surface area contributed by atoms with Gasteiger partial charge in [-0.3, -0.25) is 4.79 Å². The zero-order valence-corrected chi connectivity index (χ0v) is 10.2. The Morgan fingerprint density at radius 3 is 2.56 bits per heavy atom. The molecule has 0 fully saturated rings. The minimum absolute atomic E-state index is 0.448. The summed E-state index contributed by atoms with van der Waals surface area (Å²) in [5, 5.41) is 0. The highest BCUT2D eigenvalue weighted by molar-refractivity contribution is 5.93. The van der Waals surface area contributed by atoms with Gasteiger partial charge in [0.2, 0.25) is 5.91 Å². The van der Waals surface area contributed by atoms with Crippen LogP contribution in [-0.2, 0) is 6.61 Å². The van der Waals surface area contributed by atoms with Crippen LogP contribution in [0.3, 0.4) is 0 Å². The smallest absolute Gasteiger partial charge is 0.248 e. The Kier molecular flexibility index (Phi) is 3.63. The van der Waals surface area contributed by atoms with E-state index in [1.807, 2.05) is 31.2 Å². The molecule has 2 aromatic rings. The van der Waals surface area contributed by atoms with Gasteiger partial charge in [-0.05, 0) is 30.7 Å². The molecule has 0 aliphatic carbocycles. The second-order valence-corrected chi connectivity index (χ2v) is 4.17. The summed E-state index contributed by atoms with van der Waals surface area (Å²) in [5.41, 5.74) is 7.97. The molecule has 0 aromatic heterocycles. The van der Waals surface area contributed by atoms with Crippen LogP contribution in [0.15, 0.2) is 48.5 Å². The first-order chi connectivity index (χ1) is 8.65. The van der Waals surface area contributed by atoms with Gasteiger partial charge in [-0.15, -0.1) is 0 Å². The van der Waals surface area contributed by atoms with Crippen LogP contribution in [0, 0.1) is 6.92 Å². The molecule has 0 bridgehead atoms. The quantitative estimate of drug-likeness (QED) is 0.894. The third-order valence-electron chi connectivity index (χ3n) is 2.64. The summed E-state index contributed by atoms with van der Waals surface area (Å²) in [6, 6.07) is 15.0. The first kappa shape index (κ1) is 12.2. The Labute approximate surface area is 106 Å². The van der Waals surface area contributed by atoms with Crippen molar-refractivity contribution in [3.05, 3.63) is 65.2 Å². The Morgan fingerprint density at radius 2 is 1.89 bits per heavy atom. The molecule has 18 heavy (non-hydrogen) atoms. The van der Waals surface area contributed by atoms with Crippen molar-refractivity contribution in [2.45, 2.75) is 13.5 Å². The van der Waals surface area contributed by atoms with Crippen molar-refractivity contribution in [1.82, 2.24) is 0 Å². The predicted molar refractivity (Wildman–Crippen MR) is 70.5 cm³/mol. The highest BCUT2D eigenvalue weighted by Gasteiger charge is 2.02. The average Bonchev–Trinajstić information content (AvgIpc) is 2.38. The third-order valence-corrected chi connectivity index (χ3v) is 2.64. The number of carbonyl (C=O) groups is 1. The van der Waals surface area contributed by atoms with E-state index < -0.39 is 5.91 Å². The molecule has 0 aliphatic rings. The van der Waals surface area contributed by atoms with Crippen LogP contribution in [0.2, 0.25) is 0 Å². The van der Waals surface area contributed by atoms with E-state index in [4.69, 9.17) is 10.5 Å². The molecule has 2 N–H and O–H groups in total. The van der Waals surface area contributed by atoms with E-state index in [2.05, 4.69) is 0 Å². The molecule has 0 spiro atoms. The number of aryl methyl sites for hydroxylation is 1. The van der Waals surface area contributed by atoms with Crippen LogP contribution < -0.4 is 10.5 Å². The van der Waals surface area contributed by atoms with E-state index in [-0.39, 0.29) is 0 Å². The molecule has 0 aliphatic heterocycles. The SMILES string of the molecule is Cc1ccc(COc2cccc(C(N)=O)c2)cc1. The van der Waals surface area contributed by atoms with Crippen LogP contribution in [0.25, 0.3) is 0 Å². The molecule has 92 valence electrons. The molecule has 0 unspecified atom stereocenters. The number of primary amides is 1. The van der Waals surface area contributed by atoms with Gasteiger partial charge in [0.1, 0.15) is 12.4 Å². The Hall–Kier alpha value is -2.29. The summed E-state index contributed by atoms with van der Waals surface area (Å²) in [4.78, 5) is 11.0. The van der Waals surface area contributed by atoms with Crippen molar-refractivity contribution < 1.29 is 9.53 Å². The summed E-state index contributed by atoms with van der Waals surface area (Å²) in [6.45, 7) is 2.52. The van der Waals surface area contributed by atoms with Crippen LogP contribution in [-0.4, -0.2) is 5.91 Å². The Morgan fingerprint density at radius 1 is 1.17 bits per heavy atom. The zero-order valence-electron chi connectivity index (χ0n) is 10.2. The number of rotatable bonds is 4. The largest absolute Gasteiger partial charge is 0.489 e. The molecule has 2 rings (SSSR count). The van der Waals surface area contributed by atoms with Crippen molar-refractivity contribution in [2.75, 3.05) is 0 Å². The van der Waals surface area contributed by atoms with Gasteiger partial charge in [0, 0.05) is 5.56 Å². The highest BCUT2D eigenvalue weighted by atomic mass is 16.5. The molecule has 3 heteroatoms. The lowest BCUT2D eigenvalue weighted by Crippen LogP contribution is -2.10. The average molecular weight is 241 g/mol. The minimum atomic E-state index is -0.448. The Bertz CT molecular complexity index is 547. The third kappa shape index (κ3) is 3.10. The van der Waals surface area contributed by atoms with Crippen molar-refractivity contribution in [1.29, 1.82) is 0 Å². The van der Waals surface area contributed by atoms with Crippen molar-refractivity contribution in [3.63, 3.8) is 0 Å². The predicted octanol–water partition coefficient (Wildman–Crippen LogP) is 2.67. The number of nitrogens with two attached hydrogens (primary N) is 1. The van der Waals surface area contributed by atoms with E-state index in [1.54, 1.807) is 24.3 Å². The molecule has 3 nitrogen and oxygen atoms in total. The van der Waals surface area contributed by atoms with E-state index in [9.17, 15) is 4.79 Å². The maximum atomic E-state index is 11.0. The summed E-state index contributed by atoms with van der Waals surface area (Å²) in [6.07, 6.45) is 0. The molecular weight excluding hydrogens is 226 g/mol. The second-order valence-electron chi connectivity index (χ2n) is 4.17. The number of carbonyl (C=O) groups excluding carboxylic acids is 1. The van der Waals surface area contributed by atoms with E-state index >= 15 is 0 Å². The maximum Gasteiger partial charge on any atom is 0.248 e. The molecule has 0 atom stereocenters. The first-order valence-corrected chi connectivity index (χ1v) is 5.73. The minimum Gasteiger partial charge on any atom is -0.489 e. The fourth-order valence-electron chi connectivity index (χ4n) is 1.59. The summed E-state index contributed by atoms with van der Waals surface area (Å²) in [7, 11) is 0. The summed E-state index contributed by atoms with van der Waals surface area (Å²) < 4.78 is 5.61. The summed E-state index contributed by atoms with van der Waals surface area (Å²) >= 11 is 0. The van der Waals surface area contributed by atoms with Gasteiger partial charge in [-0.2, -0.15) is 0 Å². The number of benzene rings is 2. The van der Waals surface area contributed by atoms with E-state index in [1.165, 1.54) is 5.56 Å². The molecular formula is C15H15NO2. The lowest BCUT2D eigenvalue weighted by molar-refractivity contribution is 0.1000. The van der Waals surface area contributed by atoms with Crippen molar-refractivity contribution in [2.24, 2.45) is 5.73 Å². The van der Waals surface area contributed by atoms with Gasteiger partial charge < -0.3 is 10.5 Å². The summed E-state index contributed by atoms with van der Waals surface area (Å²) in [5.74, 6) is 0.197. The molecule has 0 saturated heterocycles. The van der Waals surface area contributed by atoms with Crippen molar-refractivity contribution in [3.8, 4) is 5.75 Å². The number of amides is 1. The molecule has 0 heterocycles. The molecule has 1 amide bonds. The monoisotopic (exact) mass is 241 g/mol.